The molecule has 0 aromatic heterocycles. The van der Waals surface area contributed by atoms with E-state index >= 15 is 0 Å². The van der Waals surface area contributed by atoms with Crippen LogP contribution in [0.5, 0.6) is 0 Å². The molecule has 1 aliphatic carbocycles. The third kappa shape index (κ3) is 2.41. The SMILES string of the molecule is O=C(/C=C1\Sc2ccccc2NC1=O)NC1CC1. The number of carbonyl (C=O) groups excluding carboxylic acids is 2. The highest BCUT2D eigenvalue weighted by atomic mass is 32.2. The lowest BCUT2D eigenvalue weighted by Crippen LogP contribution is -2.25. The van der Waals surface area contributed by atoms with Gasteiger partial charge in [0.15, 0.2) is 0 Å². The molecule has 0 saturated heterocycles. The molecule has 18 heavy (non-hydrogen) atoms. The van der Waals surface area contributed by atoms with Gasteiger partial charge in [0, 0.05) is 17.0 Å². The van der Waals surface area contributed by atoms with Gasteiger partial charge in [-0.05, 0) is 25.0 Å². The molecule has 2 N–H and O–H groups in total. The number of fused-ring (bicyclic) bond motifs is 1. The number of para-hydroxylation sites is 1. The zero-order valence-corrected chi connectivity index (χ0v) is 10.4. The molecule has 5 heteroatoms. The molecule has 1 aromatic carbocycles. The van der Waals surface area contributed by atoms with Crippen LogP contribution in [-0.2, 0) is 9.59 Å². The monoisotopic (exact) mass is 260 g/mol. The summed E-state index contributed by atoms with van der Waals surface area (Å²) in [7, 11) is 0. The van der Waals surface area contributed by atoms with E-state index in [2.05, 4.69) is 10.6 Å². The van der Waals surface area contributed by atoms with E-state index in [1.54, 1.807) is 0 Å². The first kappa shape index (κ1) is 11.3. The predicted octanol–water partition coefficient (Wildman–Crippen LogP) is 1.89. The van der Waals surface area contributed by atoms with Crippen LogP contribution in [0.15, 0.2) is 40.1 Å². The van der Waals surface area contributed by atoms with Crippen molar-refractivity contribution in [2.75, 3.05) is 5.32 Å². The molecule has 2 aliphatic rings. The minimum absolute atomic E-state index is 0.186. The van der Waals surface area contributed by atoms with Crippen LogP contribution in [-0.4, -0.2) is 17.9 Å². The summed E-state index contributed by atoms with van der Waals surface area (Å²) in [6, 6.07) is 7.85. The summed E-state index contributed by atoms with van der Waals surface area (Å²) in [5, 5.41) is 5.61. The number of hydrogen-bond acceptors (Lipinski definition) is 3. The van der Waals surface area contributed by atoms with Gasteiger partial charge in [-0.3, -0.25) is 9.59 Å². The first-order valence-electron chi connectivity index (χ1n) is 5.83. The molecule has 0 radical (unpaired) electrons. The Balaban J connectivity index is 1.79. The van der Waals surface area contributed by atoms with Crippen molar-refractivity contribution in [3.63, 3.8) is 0 Å². The van der Waals surface area contributed by atoms with E-state index in [0.29, 0.717) is 10.9 Å². The Morgan fingerprint density at radius 3 is 2.94 bits per heavy atom. The van der Waals surface area contributed by atoms with Crippen molar-refractivity contribution in [1.82, 2.24) is 5.32 Å². The fourth-order valence-corrected chi connectivity index (χ4v) is 2.61. The van der Waals surface area contributed by atoms with Crippen molar-refractivity contribution >= 4 is 29.3 Å². The van der Waals surface area contributed by atoms with E-state index < -0.39 is 0 Å². The average molecular weight is 260 g/mol. The topological polar surface area (TPSA) is 58.2 Å². The smallest absolute Gasteiger partial charge is 0.262 e. The molecule has 4 nitrogen and oxygen atoms in total. The number of benzene rings is 1. The van der Waals surface area contributed by atoms with Gasteiger partial charge in [0.25, 0.3) is 5.91 Å². The van der Waals surface area contributed by atoms with Crippen LogP contribution in [0, 0.1) is 0 Å². The van der Waals surface area contributed by atoms with Crippen LogP contribution < -0.4 is 10.6 Å². The number of rotatable bonds is 2. The van der Waals surface area contributed by atoms with Crippen LogP contribution in [0.1, 0.15) is 12.8 Å². The predicted molar refractivity (Wildman–Crippen MR) is 70.2 cm³/mol. The molecule has 1 saturated carbocycles. The third-order valence-corrected chi connectivity index (χ3v) is 3.86. The number of amides is 2. The lowest BCUT2D eigenvalue weighted by molar-refractivity contribution is -0.117. The van der Waals surface area contributed by atoms with Crippen molar-refractivity contribution in [1.29, 1.82) is 0 Å². The van der Waals surface area contributed by atoms with E-state index in [1.165, 1.54) is 17.8 Å². The molecule has 92 valence electrons. The maximum absolute atomic E-state index is 11.8. The zero-order chi connectivity index (χ0) is 12.5. The molecule has 1 fully saturated rings. The summed E-state index contributed by atoms with van der Waals surface area (Å²) in [5.74, 6) is -0.404. The summed E-state index contributed by atoms with van der Waals surface area (Å²) in [6.45, 7) is 0. The largest absolute Gasteiger partial charge is 0.350 e. The molecule has 2 amide bonds. The summed E-state index contributed by atoms with van der Waals surface area (Å²) in [6.07, 6.45) is 3.46. The van der Waals surface area contributed by atoms with Crippen molar-refractivity contribution in [3.05, 3.63) is 35.2 Å². The summed E-state index contributed by atoms with van der Waals surface area (Å²) in [4.78, 5) is 24.8. The first-order chi connectivity index (χ1) is 8.72. The maximum Gasteiger partial charge on any atom is 0.262 e. The van der Waals surface area contributed by atoms with Crippen molar-refractivity contribution in [2.45, 2.75) is 23.8 Å². The van der Waals surface area contributed by atoms with Crippen LogP contribution >= 0.6 is 11.8 Å². The van der Waals surface area contributed by atoms with Gasteiger partial charge >= 0.3 is 0 Å². The van der Waals surface area contributed by atoms with Gasteiger partial charge in [-0.25, -0.2) is 0 Å². The second-order valence-electron chi connectivity index (χ2n) is 4.34. The van der Waals surface area contributed by atoms with Crippen LogP contribution in [0.25, 0.3) is 0 Å². The van der Waals surface area contributed by atoms with E-state index in [-0.39, 0.29) is 11.8 Å². The number of anilines is 1. The summed E-state index contributed by atoms with van der Waals surface area (Å²) >= 11 is 1.33. The standard InChI is InChI=1S/C13H12N2O2S/c16-12(14-8-5-6-8)7-11-13(17)15-9-3-1-2-4-10(9)18-11/h1-4,7-8H,5-6H2,(H,14,16)(H,15,17)/b11-7-. The Hall–Kier alpha value is -1.75. The summed E-state index contributed by atoms with van der Waals surface area (Å²) in [5.41, 5.74) is 0.798. The van der Waals surface area contributed by atoms with E-state index in [9.17, 15) is 9.59 Å². The molecule has 0 bridgehead atoms. The first-order valence-corrected chi connectivity index (χ1v) is 6.64. The Morgan fingerprint density at radius 1 is 1.39 bits per heavy atom. The van der Waals surface area contributed by atoms with Crippen molar-refractivity contribution < 1.29 is 9.59 Å². The molecule has 0 spiro atoms. The Morgan fingerprint density at radius 2 is 2.17 bits per heavy atom. The average Bonchev–Trinajstić information content (AvgIpc) is 3.14. The number of thioether (sulfide) groups is 1. The van der Waals surface area contributed by atoms with Gasteiger partial charge in [0.2, 0.25) is 5.91 Å². The normalized spacial score (nSPS) is 20.2. The lowest BCUT2D eigenvalue weighted by atomic mass is 10.3. The minimum Gasteiger partial charge on any atom is -0.350 e. The second kappa shape index (κ2) is 4.49. The van der Waals surface area contributed by atoms with Gasteiger partial charge in [-0.15, -0.1) is 0 Å². The van der Waals surface area contributed by atoms with Gasteiger partial charge < -0.3 is 10.6 Å². The van der Waals surface area contributed by atoms with Crippen molar-refractivity contribution in [2.24, 2.45) is 0 Å². The molecule has 3 rings (SSSR count). The molecule has 1 heterocycles. The Labute approximate surface area is 109 Å². The highest BCUT2D eigenvalue weighted by molar-refractivity contribution is 8.04. The maximum atomic E-state index is 11.8. The van der Waals surface area contributed by atoms with E-state index in [0.717, 1.165) is 23.4 Å². The highest BCUT2D eigenvalue weighted by Crippen LogP contribution is 2.37. The Kier molecular flexibility index (Phi) is 2.83. The van der Waals surface area contributed by atoms with Gasteiger partial charge in [0.1, 0.15) is 0 Å². The molecule has 0 atom stereocenters. The highest BCUT2D eigenvalue weighted by Gasteiger charge is 2.25. The molecule has 1 aliphatic heterocycles. The van der Waals surface area contributed by atoms with Crippen molar-refractivity contribution in [3.8, 4) is 0 Å². The van der Waals surface area contributed by atoms with Gasteiger partial charge in [0.05, 0.1) is 10.6 Å². The molecular weight excluding hydrogens is 248 g/mol. The van der Waals surface area contributed by atoms with Crippen LogP contribution in [0.2, 0.25) is 0 Å². The zero-order valence-electron chi connectivity index (χ0n) is 9.60. The summed E-state index contributed by atoms with van der Waals surface area (Å²) < 4.78 is 0. The third-order valence-electron chi connectivity index (χ3n) is 2.76. The Bertz CT molecular complexity index is 550. The lowest BCUT2D eigenvalue weighted by Gasteiger charge is -2.17. The fraction of sp³-hybridized carbons (Fsp3) is 0.231. The minimum atomic E-state index is -0.218. The molecule has 1 aromatic rings. The second-order valence-corrected chi connectivity index (χ2v) is 5.43. The van der Waals surface area contributed by atoms with Gasteiger partial charge in [-0.1, -0.05) is 23.9 Å². The van der Waals surface area contributed by atoms with E-state index in [4.69, 9.17) is 0 Å². The van der Waals surface area contributed by atoms with Crippen LogP contribution in [0.3, 0.4) is 0 Å². The number of hydrogen-bond donors (Lipinski definition) is 2. The molecule has 0 unspecified atom stereocenters. The number of carbonyl (C=O) groups is 2. The molecular formula is C13H12N2O2S. The quantitative estimate of drug-likeness (QED) is 0.798. The van der Waals surface area contributed by atoms with Crippen LogP contribution in [0.4, 0.5) is 5.69 Å². The number of nitrogens with one attached hydrogen (secondary N) is 2. The van der Waals surface area contributed by atoms with Gasteiger partial charge in [-0.2, -0.15) is 0 Å². The van der Waals surface area contributed by atoms with E-state index in [1.807, 2.05) is 24.3 Å². The fourth-order valence-electron chi connectivity index (χ4n) is 1.69.